The third-order valence-electron chi connectivity index (χ3n) is 3.11. The molecule has 0 aliphatic carbocycles. The van der Waals surface area contributed by atoms with Crippen LogP contribution in [0.2, 0.25) is 0 Å². The number of rotatable bonds is 1. The van der Waals surface area contributed by atoms with Crippen molar-refractivity contribution in [2.45, 2.75) is 31.8 Å². The fraction of sp³-hybridized carbons (Fsp3) is 0.909. The summed E-state index contributed by atoms with van der Waals surface area (Å²) in [5, 5.41) is 3.30. The van der Waals surface area contributed by atoms with Gasteiger partial charge < -0.3 is 15.0 Å². The topological polar surface area (TPSA) is 41.6 Å². The minimum absolute atomic E-state index is 0.156. The van der Waals surface area contributed by atoms with Crippen molar-refractivity contribution in [2.75, 3.05) is 32.8 Å². The van der Waals surface area contributed by atoms with Crippen LogP contribution in [0.4, 0.5) is 0 Å². The van der Waals surface area contributed by atoms with Crippen LogP contribution in [0.1, 0.15) is 25.7 Å². The fourth-order valence-electron chi connectivity index (χ4n) is 2.21. The molecule has 2 aliphatic rings. The van der Waals surface area contributed by atoms with Crippen molar-refractivity contribution in [1.82, 2.24) is 10.2 Å². The van der Waals surface area contributed by atoms with E-state index < -0.39 is 0 Å². The molecule has 4 heteroatoms. The van der Waals surface area contributed by atoms with Gasteiger partial charge >= 0.3 is 0 Å². The molecule has 0 aromatic carbocycles. The number of carbonyl (C=O) groups is 1. The van der Waals surface area contributed by atoms with Gasteiger partial charge in [-0.3, -0.25) is 4.79 Å². The molecule has 2 saturated heterocycles. The van der Waals surface area contributed by atoms with E-state index in [1.165, 1.54) is 0 Å². The Morgan fingerprint density at radius 2 is 2.13 bits per heavy atom. The first-order valence-corrected chi connectivity index (χ1v) is 5.99. The Labute approximate surface area is 91.0 Å². The first kappa shape index (κ1) is 10.9. The second-order valence-corrected chi connectivity index (χ2v) is 4.28. The van der Waals surface area contributed by atoms with Crippen LogP contribution in [0, 0.1) is 0 Å². The lowest BCUT2D eigenvalue weighted by Crippen LogP contribution is -2.43. The largest absolute Gasteiger partial charge is 0.368 e. The van der Waals surface area contributed by atoms with Gasteiger partial charge in [-0.25, -0.2) is 0 Å². The van der Waals surface area contributed by atoms with E-state index in [1.807, 2.05) is 4.90 Å². The zero-order valence-corrected chi connectivity index (χ0v) is 9.21. The number of carbonyl (C=O) groups excluding carboxylic acids is 1. The summed E-state index contributed by atoms with van der Waals surface area (Å²) < 4.78 is 5.52. The highest BCUT2D eigenvalue weighted by Crippen LogP contribution is 2.15. The van der Waals surface area contributed by atoms with E-state index in [1.54, 1.807) is 0 Å². The maximum Gasteiger partial charge on any atom is 0.251 e. The van der Waals surface area contributed by atoms with Gasteiger partial charge in [-0.05, 0) is 32.2 Å². The van der Waals surface area contributed by atoms with Crippen molar-refractivity contribution in [1.29, 1.82) is 0 Å². The van der Waals surface area contributed by atoms with Crippen LogP contribution in [-0.4, -0.2) is 49.7 Å². The molecule has 1 unspecified atom stereocenters. The van der Waals surface area contributed by atoms with Gasteiger partial charge in [0.1, 0.15) is 6.10 Å². The quantitative estimate of drug-likeness (QED) is 0.683. The molecule has 0 aromatic rings. The maximum absolute atomic E-state index is 12.1. The molecule has 2 rings (SSSR count). The van der Waals surface area contributed by atoms with E-state index in [9.17, 15) is 4.79 Å². The molecule has 1 N–H and O–H groups in total. The standard InChI is InChI=1S/C11H20N2O2/c14-11(10-4-1-2-9-15-10)13-7-3-5-12-6-8-13/h10,12H,1-9H2. The van der Waals surface area contributed by atoms with Gasteiger partial charge in [0.15, 0.2) is 0 Å². The van der Waals surface area contributed by atoms with Crippen molar-refractivity contribution in [2.24, 2.45) is 0 Å². The third-order valence-corrected chi connectivity index (χ3v) is 3.11. The summed E-state index contributed by atoms with van der Waals surface area (Å²) >= 11 is 0. The molecule has 1 amide bonds. The molecular weight excluding hydrogens is 192 g/mol. The second-order valence-electron chi connectivity index (χ2n) is 4.28. The molecule has 2 heterocycles. The maximum atomic E-state index is 12.1. The Morgan fingerprint density at radius 1 is 1.20 bits per heavy atom. The first-order valence-electron chi connectivity index (χ1n) is 5.99. The normalized spacial score (nSPS) is 28.5. The number of hydrogen-bond donors (Lipinski definition) is 1. The Bertz CT molecular complexity index is 207. The fourth-order valence-corrected chi connectivity index (χ4v) is 2.21. The zero-order valence-electron chi connectivity index (χ0n) is 9.21. The third kappa shape index (κ3) is 2.92. The zero-order chi connectivity index (χ0) is 10.5. The van der Waals surface area contributed by atoms with Crippen molar-refractivity contribution in [3.8, 4) is 0 Å². The van der Waals surface area contributed by atoms with Gasteiger partial charge in [0.2, 0.25) is 0 Å². The highest BCUT2D eigenvalue weighted by Gasteiger charge is 2.26. The van der Waals surface area contributed by atoms with Crippen LogP contribution in [0.3, 0.4) is 0 Å². The lowest BCUT2D eigenvalue weighted by Gasteiger charge is -2.28. The number of nitrogens with zero attached hydrogens (tertiary/aromatic N) is 1. The van der Waals surface area contributed by atoms with E-state index in [-0.39, 0.29) is 12.0 Å². The summed E-state index contributed by atoms with van der Waals surface area (Å²) in [6, 6.07) is 0. The minimum atomic E-state index is -0.156. The van der Waals surface area contributed by atoms with Crippen LogP contribution in [-0.2, 0) is 9.53 Å². The van der Waals surface area contributed by atoms with Crippen LogP contribution in [0.15, 0.2) is 0 Å². The van der Waals surface area contributed by atoms with Crippen LogP contribution < -0.4 is 5.32 Å². The summed E-state index contributed by atoms with van der Waals surface area (Å²) in [5.74, 6) is 0.207. The van der Waals surface area contributed by atoms with E-state index >= 15 is 0 Å². The molecule has 0 radical (unpaired) electrons. The Balaban J connectivity index is 1.87. The summed E-state index contributed by atoms with van der Waals surface area (Å²) in [7, 11) is 0. The van der Waals surface area contributed by atoms with Crippen LogP contribution in [0.5, 0.6) is 0 Å². The molecule has 86 valence electrons. The first-order chi connectivity index (χ1) is 7.38. The molecule has 0 saturated carbocycles. The molecule has 0 aromatic heterocycles. The van der Waals surface area contributed by atoms with Crippen molar-refractivity contribution < 1.29 is 9.53 Å². The van der Waals surface area contributed by atoms with Gasteiger partial charge in [-0.15, -0.1) is 0 Å². The molecule has 0 bridgehead atoms. The van der Waals surface area contributed by atoms with E-state index in [2.05, 4.69) is 5.32 Å². The van der Waals surface area contributed by atoms with Crippen molar-refractivity contribution in [3.05, 3.63) is 0 Å². The number of ether oxygens (including phenoxy) is 1. The Hall–Kier alpha value is -0.610. The van der Waals surface area contributed by atoms with E-state index in [4.69, 9.17) is 4.74 Å². The molecule has 0 spiro atoms. The summed E-state index contributed by atoms with van der Waals surface area (Å²) in [4.78, 5) is 14.0. The lowest BCUT2D eigenvalue weighted by atomic mass is 10.1. The van der Waals surface area contributed by atoms with Gasteiger partial charge in [-0.1, -0.05) is 0 Å². The smallest absolute Gasteiger partial charge is 0.251 e. The monoisotopic (exact) mass is 212 g/mol. The predicted octanol–water partition coefficient (Wildman–Crippen LogP) is 0.377. The van der Waals surface area contributed by atoms with Gasteiger partial charge in [-0.2, -0.15) is 0 Å². The van der Waals surface area contributed by atoms with Gasteiger partial charge in [0.25, 0.3) is 5.91 Å². The van der Waals surface area contributed by atoms with Gasteiger partial charge in [0.05, 0.1) is 0 Å². The Morgan fingerprint density at radius 3 is 2.93 bits per heavy atom. The highest BCUT2D eigenvalue weighted by molar-refractivity contribution is 5.81. The summed E-state index contributed by atoms with van der Waals surface area (Å²) in [5.41, 5.74) is 0. The number of hydrogen-bond acceptors (Lipinski definition) is 3. The molecular formula is C11H20N2O2. The summed E-state index contributed by atoms with van der Waals surface area (Å²) in [6.07, 6.45) is 4.03. The molecule has 4 nitrogen and oxygen atoms in total. The minimum Gasteiger partial charge on any atom is -0.368 e. The van der Waals surface area contributed by atoms with Crippen molar-refractivity contribution >= 4 is 5.91 Å². The molecule has 15 heavy (non-hydrogen) atoms. The molecule has 2 aliphatic heterocycles. The highest BCUT2D eigenvalue weighted by atomic mass is 16.5. The number of nitrogens with one attached hydrogen (secondary N) is 1. The van der Waals surface area contributed by atoms with Gasteiger partial charge in [0, 0.05) is 26.2 Å². The Kier molecular flexibility index (Phi) is 3.97. The summed E-state index contributed by atoms with van der Waals surface area (Å²) in [6.45, 7) is 4.40. The SMILES string of the molecule is O=C(C1CCCCO1)N1CCCNCC1. The molecule has 2 fully saturated rings. The van der Waals surface area contributed by atoms with Crippen LogP contribution >= 0.6 is 0 Å². The average Bonchev–Trinajstić information content (AvgIpc) is 2.58. The lowest BCUT2D eigenvalue weighted by molar-refractivity contribution is -0.146. The van der Waals surface area contributed by atoms with Crippen LogP contribution in [0.25, 0.3) is 0 Å². The number of amides is 1. The predicted molar refractivity (Wildman–Crippen MR) is 57.7 cm³/mol. The second kappa shape index (κ2) is 5.47. The molecule has 1 atom stereocenters. The average molecular weight is 212 g/mol. The van der Waals surface area contributed by atoms with E-state index in [0.29, 0.717) is 0 Å². The van der Waals surface area contributed by atoms with E-state index in [0.717, 1.165) is 58.5 Å². The van der Waals surface area contributed by atoms with Crippen molar-refractivity contribution in [3.63, 3.8) is 0 Å².